The molecule has 17 heavy (non-hydrogen) atoms. The van der Waals surface area contributed by atoms with Gasteiger partial charge in [0.05, 0.1) is 12.2 Å². The number of Topliss-reactive ketones (excluding diaryl/α,β-unsaturated/α-hetero) is 1. The van der Waals surface area contributed by atoms with Crippen LogP contribution in [-0.2, 0) is 9.53 Å². The highest BCUT2D eigenvalue weighted by atomic mass is 16.5. The molecule has 0 fully saturated rings. The zero-order valence-corrected chi connectivity index (χ0v) is 11.8. The average molecular weight is 242 g/mol. The van der Waals surface area contributed by atoms with E-state index in [2.05, 4.69) is 6.58 Å². The first-order valence-corrected chi connectivity index (χ1v) is 6.25. The summed E-state index contributed by atoms with van der Waals surface area (Å²) in [5.41, 5.74) is -1.02. The lowest BCUT2D eigenvalue weighted by Crippen LogP contribution is -2.39. The lowest BCUT2D eigenvalue weighted by molar-refractivity contribution is -0.141. The van der Waals surface area contributed by atoms with Crippen molar-refractivity contribution in [2.45, 2.75) is 65.1 Å². The number of carbonyl (C=O) groups excluding carboxylic acids is 1. The van der Waals surface area contributed by atoms with E-state index in [1.54, 1.807) is 20.8 Å². The van der Waals surface area contributed by atoms with Crippen LogP contribution in [0, 0.1) is 0 Å². The van der Waals surface area contributed by atoms with Crippen molar-refractivity contribution in [2.24, 2.45) is 0 Å². The molecule has 2 unspecified atom stereocenters. The summed E-state index contributed by atoms with van der Waals surface area (Å²) in [6.07, 6.45) is 1.81. The first-order chi connectivity index (χ1) is 7.68. The highest BCUT2D eigenvalue weighted by molar-refractivity contribution is 6.00. The van der Waals surface area contributed by atoms with Crippen molar-refractivity contribution < 1.29 is 14.6 Å². The molecule has 0 spiro atoms. The van der Waals surface area contributed by atoms with E-state index in [0.717, 1.165) is 0 Å². The van der Waals surface area contributed by atoms with Crippen molar-refractivity contribution in [1.29, 1.82) is 0 Å². The summed E-state index contributed by atoms with van der Waals surface area (Å²) in [7, 11) is 0. The molecule has 0 saturated heterocycles. The molecule has 0 amide bonds. The van der Waals surface area contributed by atoms with Crippen molar-refractivity contribution >= 4 is 5.78 Å². The molecule has 0 heterocycles. The van der Waals surface area contributed by atoms with Crippen LogP contribution in [0.1, 0.15) is 53.9 Å². The smallest absolute Gasteiger partial charge is 0.189 e. The lowest BCUT2D eigenvalue weighted by atomic mass is 9.93. The van der Waals surface area contributed by atoms with Crippen molar-refractivity contribution in [3.63, 3.8) is 0 Å². The summed E-state index contributed by atoms with van der Waals surface area (Å²) >= 11 is 0. The predicted octanol–water partition coefficient (Wildman–Crippen LogP) is 2.87. The van der Waals surface area contributed by atoms with Crippen LogP contribution in [-0.4, -0.2) is 28.7 Å². The van der Waals surface area contributed by atoms with Gasteiger partial charge in [-0.3, -0.25) is 4.79 Å². The molecule has 2 atom stereocenters. The number of aliphatic hydroxyl groups is 1. The van der Waals surface area contributed by atoms with E-state index in [9.17, 15) is 9.90 Å². The first-order valence-electron chi connectivity index (χ1n) is 6.25. The molecular formula is C14H26O3. The third-order valence-corrected chi connectivity index (χ3v) is 3.37. The van der Waals surface area contributed by atoms with Gasteiger partial charge in [0.2, 0.25) is 0 Å². The maximum atomic E-state index is 11.9. The molecule has 1 N–H and O–H groups in total. The van der Waals surface area contributed by atoms with Gasteiger partial charge in [-0.05, 0) is 45.6 Å². The van der Waals surface area contributed by atoms with Crippen LogP contribution in [0.25, 0.3) is 0 Å². The van der Waals surface area contributed by atoms with Crippen molar-refractivity contribution in [3.8, 4) is 0 Å². The third kappa shape index (κ3) is 5.00. The summed E-state index contributed by atoms with van der Waals surface area (Å²) in [5, 5.41) is 9.86. The largest absolute Gasteiger partial charge is 0.390 e. The summed E-state index contributed by atoms with van der Waals surface area (Å²) < 4.78 is 5.67. The van der Waals surface area contributed by atoms with Gasteiger partial charge >= 0.3 is 0 Å². The van der Waals surface area contributed by atoms with Gasteiger partial charge in [-0.1, -0.05) is 20.4 Å². The van der Waals surface area contributed by atoms with Crippen molar-refractivity contribution in [1.82, 2.24) is 0 Å². The summed E-state index contributed by atoms with van der Waals surface area (Å²) in [6, 6.07) is 0. The fraction of sp³-hybridized carbons (Fsp3) is 0.786. The van der Waals surface area contributed by atoms with Crippen LogP contribution in [0.5, 0.6) is 0 Å². The fourth-order valence-electron chi connectivity index (χ4n) is 1.45. The zero-order chi connectivity index (χ0) is 13.7. The maximum absolute atomic E-state index is 11.9. The summed E-state index contributed by atoms with van der Waals surface area (Å²) in [6.45, 7) is 13.1. The molecule has 0 bridgehead atoms. The van der Waals surface area contributed by atoms with Gasteiger partial charge in [-0.25, -0.2) is 0 Å². The Bertz CT molecular complexity index is 281. The monoisotopic (exact) mass is 242 g/mol. The van der Waals surface area contributed by atoms with Gasteiger partial charge in [0.15, 0.2) is 5.78 Å². The third-order valence-electron chi connectivity index (χ3n) is 3.37. The van der Waals surface area contributed by atoms with E-state index < -0.39 is 11.2 Å². The van der Waals surface area contributed by atoms with Crippen LogP contribution in [0.4, 0.5) is 0 Å². The number of ether oxygens (including phenoxy) is 1. The van der Waals surface area contributed by atoms with E-state index >= 15 is 0 Å². The average Bonchev–Trinajstić information content (AvgIpc) is 2.27. The molecule has 0 rings (SSSR count). The van der Waals surface area contributed by atoms with Crippen molar-refractivity contribution in [3.05, 3.63) is 12.2 Å². The Kier molecular flexibility index (Phi) is 6.06. The number of rotatable bonds is 8. The van der Waals surface area contributed by atoms with E-state index in [1.165, 1.54) is 0 Å². The molecule has 0 radical (unpaired) electrons. The van der Waals surface area contributed by atoms with Gasteiger partial charge in [-0.15, -0.1) is 0 Å². The second kappa shape index (κ2) is 6.31. The van der Waals surface area contributed by atoms with Gasteiger partial charge < -0.3 is 9.84 Å². The molecule has 0 aromatic heterocycles. The maximum Gasteiger partial charge on any atom is 0.189 e. The van der Waals surface area contributed by atoms with Gasteiger partial charge in [0.25, 0.3) is 0 Å². The first kappa shape index (κ1) is 16.3. The molecular weight excluding hydrogens is 216 g/mol. The fourth-order valence-corrected chi connectivity index (χ4v) is 1.45. The minimum absolute atomic E-state index is 0.0591. The molecule has 0 saturated carbocycles. The minimum Gasteiger partial charge on any atom is -0.390 e. The summed E-state index contributed by atoms with van der Waals surface area (Å²) in [5.74, 6) is -0.0591. The van der Waals surface area contributed by atoms with Crippen LogP contribution < -0.4 is 0 Å². The van der Waals surface area contributed by atoms with E-state index in [1.807, 2.05) is 13.8 Å². The Balaban J connectivity index is 4.42. The Morgan fingerprint density at radius 2 is 1.82 bits per heavy atom. The van der Waals surface area contributed by atoms with Crippen LogP contribution in [0.3, 0.4) is 0 Å². The van der Waals surface area contributed by atoms with Gasteiger partial charge in [0.1, 0.15) is 5.60 Å². The highest BCUT2D eigenvalue weighted by Crippen LogP contribution is 2.22. The van der Waals surface area contributed by atoms with Crippen molar-refractivity contribution in [2.75, 3.05) is 6.61 Å². The van der Waals surface area contributed by atoms with E-state index in [4.69, 9.17) is 4.74 Å². The highest BCUT2D eigenvalue weighted by Gasteiger charge is 2.33. The molecule has 0 aromatic carbocycles. The molecule has 0 aromatic rings. The van der Waals surface area contributed by atoms with Crippen LogP contribution in [0.15, 0.2) is 12.2 Å². The molecule has 0 aliphatic carbocycles. The lowest BCUT2D eigenvalue weighted by Gasteiger charge is -2.29. The normalized spacial score (nSPS) is 18.2. The van der Waals surface area contributed by atoms with E-state index in [-0.39, 0.29) is 5.78 Å². The van der Waals surface area contributed by atoms with Crippen LogP contribution >= 0.6 is 0 Å². The van der Waals surface area contributed by atoms with Crippen LogP contribution in [0.2, 0.25) is 0 Å². The topological polar surface area (TPSA) is 46.5 Å². The molecule has 3 nitrogen and oxygen atoms in total. The second-order valence-electron chi connectivity index (χ2n) is 5.14. The minimum atomic E-state index is -0.810. The number of carbonyl (C=O) groups is 1. The number of ketones is 1. The molecule has 0 aliphatic heterocycles. The second-order valence-corrected chi connectivity index (χ2v) is 5.14. The Labute approximate surface area is 105 Å². The number of hydrogen-bond donors (Lipinski definition) is 1. The summed E-state index contributed by atoms with van der Waals surface area (Å²) in [4.78, 5) is 11.9. The van der Waals surface area contributed by atoms with Gasteiger partial charge in [0, 0.05) is 0 Å². The quantitative estimate of drug-likeness (QED) is 0.666. The molecule has 100 valence electrons. The molecule has 3 heteroatoms. The van der Waals surface area contributed by atoms with E-state index in [0.29, 0.717) is 31.4 Å². The number of hydrogen-bond acceptors (Lipinski definition) is 3. The molecule has 0 aliphatic rings. The Morgan fingerprint density at radius 1 is 1.29 bits per heavy atom. The Hall–Kier alpha value is -0.670. The SMILES string of the molecule is C=C(C)C(=O)C(C)(CC)OCCC(C)(O)CC. The standard InChI is InChI=1S/C14H26O3/c1-7-13(5,16)9-10-17-14(6,8-2)12(15)11(3)4/h16H,3,7-10H2,1-2,4-6H3. The Morgan fingerprint density at radius 3 is 2.18 bits per heavy atom. The predicted molar refractivity (Wildman–Crippen MR) is 70.0 cm³/mol. The zero-order valence-electron chi connectivity index (χ0n) is 11.8. The van der Waals surface area contributed by atoms with Gasteiger partial charge in [-0.2, -0.15) is 0 Å².